The van der Waals surface area contributed by atoms with Gasteiger partial charge >= 0.3 is 6.18 Å². The molecule has 3 aromatic rings. The van der Waals surface area contributed by atoms with Crippen molar-refractivity contribution in [3.8, 4) is 22.8 Å². The van der Waals surface area contributed by atoms with E-state index < -0.39 is 17.7 Å². The van der Waals surface area contributed by atoms with Gasteiger partial charge in [0, 0.05) is 24.4 Å². The van der Waals surface area contributed by atoms with Crippen LogP contribution in [0.15, 0.2) is 36.5 Å². The molecule has 3 heterocycles. The summed E-state index contributed by atoms with van der Waals surface area (Å²) in [5.41, 5.74) is 0.554. The summed E-state index contributed by atoms with van der Waals surface area (Å²) < 4.78 is 60.4. The Balaban J connectivity index is 1.61. The van der Waals surface area contributed by atoms with E-state index in [-0.39, 0.29) is 17.4 Å². The minimum atomic E-state index is -4.63. The molecule has 0 saturated carbocycles. The van der Waals surface area contributed by atoms with Crippen LogP contribution in [0, 0.1) is 12.7 Å². The maximum Gasteiger partial charge on any atom is 0.433 e. The highest BCUT2D eigenvalue weighted by Gasteiger charge is 2.33. The third kappa shape index (κ3) is 4.04. The molecule has 168 valence electrons. The van der Waals surface area contributed by atoms with Crippen molar-refractivity contribution in [2.45, 2.75) is 39.5 Å². The number of aromatic nitrogens is 3. The molecule has 10 heteroatoms. The van der Waals surface area contributed by atoms with Crippen LogP contribution in [0.3, 0.4) is 0 Å². The maximum absolute atomic E-state index is 14.8. The second-order valence-corrected chi connectivity index (χ2v) is 7.48. The van der Waals surface area contributed by atoms with E-state index in [4.69, 9.17) is 4.74 Å². The van der Waals surface area contributed by atoms with E-state index in [1.807, 2.05) is 6.92 Å². The van der Waals surface area contributed by atoms with Crippen LogP contribution in [-0.4, -0.2) is 31.9 Å². The molecular formula is C22H20F4N4O2. The molecule has 0 fully saturated rings. The zero-order valence-electron chi connectivity index (χ0n) is 17.4. The van der Waals surface area contributed by atoms with Crippen LogP contribution in [0.5, 0.6) is 11.5 Å². The fourth-order valence-corrected chi connectivity index (χ4v) is 3.62. The molecule has 1 aliphatic heterocycles. The number of nitrogens with zero attached hydrogens (tertiary/aromatic N) is 4. The molecule has 6 nitrogen and oxygen atoms in total. The normalized spacial score (nSPS) is 13.6. The van der Waals surface area contributed by atoms with Crippen LogP contribution < -0.4 is 4.74 Å². The first kappa shape index (κ1) is 21.8. The first-order chi connectivity index (χ1) is 15.2. The summed E-state index contributed by atoms with van der Waals surface area (Å²) in [6.45, 7) is 4.73. The molecule has 0 radical (unpaired) electrons. The topological polar surface area (TPSA) is 60.3 Å². The molecule has 32 heavy (non-hydrogen) atoms. The van der Waals surface area contributed by atoms with Crippen molar-refractivity contribution in [3.05, 3.63) is 59.6 Å². The number of ether oxygens (including phenoxy) is 1. The largest absolute Gasteiger partial charge is 0.454 e. The van der Waals surface area contributed by atoms with Gasteiger partial charge in [-0.15, -0.1) is 0 Å². The third-order valence-electron chi connectivity index (χ3n) is 5.17. The first-order valence-corrected chi connectivity index (χ1v) is 10.1. The predicted octanol–water partition coefficient (Wildman–Crippen LogP) is 5.42. The van der Waals surface area contributed by atoms with Crippen LogP contribution in [0.2, 0.25) is 0 Å². The van der Waals surface area contributed by atoms with Gasteiger partial charge in [0.2, 0.25) is 5.82 Å². The number of alkyl halides is 3. The lowest BCUT2D eigenvalue weighted by Crippen LogP contribution is -2.26. The van der Waals surface area contributed by atoms with Gasteiger partial charge in [-0.1, -0.05) is 13.3 Å². The Morgan fingerprint density at radius 3 is 2.66 bits per heavy atom. The number of halogens is 4. The molecule has 0 unspecified atom stereocenters. The van der Waals surface area contributed by atoms with Crippen molar-refractivity contribution in [1.29, 1.82) is 0 Å². The quantitative estimate of drug-likeness (QED) is 0.473. The zero-order valence-corrected chi connectivity index (χ0v) is 17.4. The van der Waals surface area contributed by atoms with E-state index >= 15 is 0 Å². The van der Waals surface area contributed by atoms with Crippen LogP contribution in [-0.2, 0) is 12.8 Å². The molecule has 1 amide bonds. The maximum atomic E-state index is 14.8. The summed E-state index contributed by atoms with van der Waals surface area (Å²) >= 11 is 0. The summed E-state index contributed by atoms with van der Waals surface area (Å²) in [5, 5.41) is 0. The van der Waals surface area contributed by atoms with Crippen molar-refractivity contribution in [2.24, 2.45) is 0 Å². The standard InChI is InChI=1S/C22H20F4N4O2/c1-3-4-9-29-12-30-19(13(2)28-20(30)21(29)31)14-5-6-17(16(23)10-14)32-15-7-8-27-18(11-15)22(24,25)26/h5-8,10-11H,3-4,9,12H2,1-2H3. The van der Waals surface area contributed by atoms with Crippen molar-refractivity contribution in [3.63, 3.8) is 0 Å². The number of amides is 1. The lowest BCUT2D eigenvalue weighted by Gasteiger charge is -2.16. The van der Waals surface area contributed by atoms with Crippen LogP contribution >= 0.6 is 0 Å². The summed E-state index contributed by atoms with van der Waals surface area (Å²) in [6, 6.07) is 6.06. The average Bonchev–Trinajstić information content (AvgIpc) is 3.22. The number of aryl methyl sites for hydroxylation is 1. The number of hydrogen-bond donors (Lipinski definition) is 0. The summed E-state index contributed by atoms with van der Waals surface area (Å²) in [4.78, 5) is 21.9. The fraction of sp³-hybridized carbons (Fsp3) is 0.318. The molecule has 2 aromatic heterocycles. The molecule has 1 aliphatic rings. The van der Waals surface area contributed by atoms with Gasteiger partial charge in [0.15, 0.2) is 11.6 Å². The Morgan fingerprint density at radius 2 is 1.97 bits per heavy atom. The highest BCUT2D eigenvalue weighted by Crippen LogP contribution is 2.35. The third-order valence-corrected chi connectivity index (χ3v) is 5.17. The lowest BCUT2D eigenvalue weighted by molar-refractivity contribution is -0.141. The van der Waals surface area contributed by atoms with Crippen LogP contribution in [0.4, 0.5) is 17.6 Å². The summed E-state index contributed by atoms with van der Waals surface area (Å²) in [6.07, 6.45) is -1.86. The van der Waals surface area contributed by atoms with Gasteiger partial charge < -0.3 is 14.2 Å². The average molecular weight is 448 g/mol. The summed E-state index contributed by atoms with van der Waals surface area (Å²) in [7, 11) is 0. The molecule has 0 bridgehead atoms. The second kappa shape index (κ2) is 8.25. The van der Waals surface area contributed by atoms with Crippen molar-refractivity contribution >= 4 is 5.91 Å². The number of pyridine rings is 1. The molecule has 1 aromatic carbocycles. The number of carbonyl (C=O) groups excluding carboxylic acids is 1. The Morgan fingerprint density at radius 1 is 1.19 bits per heavy atom. The van der Waals surface area contributed by atoms with Crippen LogP contribution in [0.25, 0.3) is 11.3 Å². The number of benzene rings is 1. The predicted molar refractivity (Wildman–Crippen MR) is 108 cm³/mol. The zero-order chi connectivity index (χ0) is 23.0. The molecule has 0 atom stereocenters. The second-order valence-electron chi connectivity index (χ2n) is 7.48. The number of fused-ring (bicyclic) bond motifs is 1. The first-order valence-electron chi connectivity index (χ1n) is 10.1. The lowest BCUT2D eigenvalue weighted by atomic mass is 10.1. The Labute approximate surface area is 181 Å². The molecule has 0 N–H and O–H groups in total. The smallest absolute Gasteiger partial charge is 0.433 e. The van der Waals surface area contributed by atoms with E-state index in [2.05, 4.69) is 9.97 Å². The van der Waals surface area contributed by atoms with Gasteiger partial charge in [-0.2, -0.15) is 13.2 Å². The highest BCUT2D eigenvalue weighted by molar-refractivity contribution is 5.94. The van der Waals surface area contributed by atoms with Crippen molar-refractivity contribution in [2.75, 3.05) is 6.54 Å². The van der Waals surface area contributed by atoms with E-state index in [0.29, 0.717) is 42.1 Å². The highest BCUT2D eigenvalue weighted by atomic mass is 19.4. The van der Waals surface area contributed by atoms with Gasteiger partial charge in [0.1, 0.15) is 11.4 Å². The van der Waals surface area contributed by atoms with Crippen LogP contribution in [0.1, 0.15) is 41.8 Å². The van der Waals surface area contributed by atoms with Gasteiger partial charge in [-0.3, -0.25) is 9.78 Å². The van der Waals surface area contributed by atoms with Gasteiger partial charge in [0.25, 0.3) is 5.91 Å². The molecule has 0 spiro atoms. The van der Waals surface area contributed by atoms with Gasteiger partial charge in [-0.05, 0) is 37.6 Å². The number of imidazole rings is 1. The Bertz CT molecular complexity index is 1170. The minimum absolute atomic E-state index is 0.161. The summed E-state index contributed by atoms with van der Waals surface area (Å²) in [5.74, 6) is -1.02. The fourth-order valence-electron chi connectivity index (χ4n) is 3.62. The van der Waals surface area contributed by atoms with Crippen molar-refractivity contribution < 1.29 is 27.1 Å². The molecule has 0 saturated heterocycles. The van der Waals surface area contributed by atoms with E-state index in [0.717, 1.165) is 19.0 Å². The Kier molecular flexibility index (Phi) is 5.62. The molecule has 4 rings (SSSR count). The van der Waals surface area contributed by atoms with E-state index in [1.54, 1.807) is 22.5 Å². The number of unbranched alkanes of at least 4 members (excludes halogenated alkanes) is 1. The monoisotopic (exact) mass is 448 g/mol. The van der Waals surface area contributed by atoms with E-state index in [9.17, 15) is 22.4 Å². The van der Waals surface area contributed by atoms with E-state index in [1.165, 1.54) is 18.2 Å². The number of carbonyl (C=O) groups is 1. The minimum Gasteiger partial charge on any atom is -0.454 e. The number of hydrogen-bond acceptors (Lipinski definition) is 4. The number of rotatable bonds is 6. The van der Waals surface area contributed by atoms with Gasteiger partial charge in [-0.25, -0.2) is 9.37 Å². The van der Waals surface area contributed by atoms with Crippen molar-refractivity contribution in [1.82, 2.24) is 19.4 Å². The molecule has 0 aliphatic carbocycles. The molecular weight excluding hydrogens is 428 g/mol. The Hall–Kier alpha value is -3.43. The SMILES string of the molecule is CCCCN1Cn2c(nc(C)c2-c2ccc(Oc3ccnc(C(F)(F)F)c3)c(F)c2)C1=O. The van der Waals surface area contributed by atoms with Gasteiger partial charge in [0.05, 0.1) is 18.1 Å².